The molecule has 0 spiro atoms. The first-order valence-electron chi connectivity index (χ1n) is 13.6. The molecule has 2 amide bonds. The third-order valence-corrected chi connectivity index (χ3v) is 7.40. The fraction of sp³-hybridized carbons (Fsp3) is 0.714. The summed E-state index contributed by atoms with van der Waals surface area (Å²) in [5, 5.41) is 3.03. The molecule has 0 radical (unpaired) electrons. The van der Waals surface area contributed by atoms with Crippen LogP contribution in [0.5, 0.6) is 0 Å². The molecule has 1 saturated carbocycles. The Labute approximate surface area is 201 Å². The van der Waals surface area contributed by atoms with Gasteiger partial charge >= 0.3 is 0 Å². The normalized spacial score (nSPS) is 16.9. The second-order valence-corrected chi connectivity index (χ2v) is 10.0. The van der Waals surface area contributed by atoms with Crippen LogP contribution in [-0.2, 0) is 9.59 Å². The van der Waals surface area contributed by atoms with Crippen LogP contribution in [0.1, 0.15) is 96.8 Å². The summed E-state index contributed by atoms with van der Waals surface area (Å²) in [4.78, 5) is 29.2. The fourth-order valence-corrected chi connectivity index (χ4v) is 5.22. The predicted molar refractivity (Wildman–Crippen MR) is 138 cm³/mol. The first-order valence-corrected chi connectivity index (χ1v) is 13.6. The van der Waals surface area contributed by atoms with E-state index in [4.69, 9.17) is 0 Å². The van der Waals surface area contributed by atoms with E-state index >= 15 is 0 Å². The Morgan fingerprint density at radius 2 is 1.48 bits per heavy atom. The Morgan fingerprint density at radius 1 is 0.848 bits per heavy atom. The molecule has 0 atom stereocenters. The largest absolute Gasteiger partial charge is 0.368 e. The number of hydrogen-bond donors (Lipinski definition) is 1. The minimum absolute atomic E-state index is 0.112. The van der Waals surface area contributed by atoms with Gasteiger partial charge in [-0.25, -0.2) is 0 Å². The third-order valence-electron chi connectivity index (χ3n) is 7.40. The molecule has 184 valence electrons. The van der Waals surface area contributed by atoms with Crippen molar-refractivity contribution in [1.29, 1.82) is 0 Å². The molecule has 1 saturated heterocycles. The molecule has 5 heteroatoms. The molecule has 1 heterocycles. The molecule has 0 aromatic heterocycles. The second kappa shape index (κ2) is 14.3. The van der Waals surface area contributed by atoms with Crippen LogP contribution in [0.3, 0.4) is 0 Å². The quantitative estimate of drug-likeness (QED) is 0.351. The number of nitrogens with zero attached hydrogens (tertiary/aromatic N) is 2. The highest BCUT2D eigenvalue weighted by molar-refractivity contribution is 5.90. The van der Waals surface area contributed by atoms with Crippen molar-refractivity contribution in [3.63, 3.8) is 0 Å². The first kappa shape index (κ1) is 25.6. The SMILES string of the molecule is CCCCCCCCCC(=O)Nc1ccc(N2CCN(C(=O)CCC3CCCC3)CC2)cc1. The highest BCUT2D eigenvalue weighted by Gasteiger charge is 2.23. The van der Waals surface area contributed by atoms with Crippen molar-refractivity contribution in [2.24, 2.45) is 5.92 Å². The second-order valence-electron chi connectivity index (χ2n) is 10.0. The van der Waals surface area contributed by atoms with Gasteiger partial charge in [-0.2, -0.15) is 0 Å². The smallest absolute Gasteiger partial charge is 0.224 e. The van der Waals surface area contributed by atoms with Gasteiger partial charge in [0.2, 0.25) is 11.8 Å². The zero-order chi connectivity index (χ0) is 23.3. The molecule has 0 bridgehead atoms. The van der Waals surface area contributed by atoms with Gasteiger partial charge in [0.05, 0.1) is 0 Å². The Hall–Kier alpha value is -2.04. The van der Waals surface area contributed by atoms with Crippen molar-refractivity contribution in [3.05, 3.63) is 24.3 Å². The Kier molecular flexibility index (Phi) is 11.1. The van der Waals surface area contributed by atoms with E-state index in [1.54, 1.807) is 0 Å². The summed E-state index contributed by atoms with van der Waals surface area (Å²) >= 11 is 0. The highest BCUT2D eigenvalue weighted by atomic mass is 16.2. The van der Waals surface area contributed by atoms with Gasteiger partial charge in [-0.1, -0.05) is 71.1 Å². The van der Waals surface area contributed by atoms with Crippen molar-refractivity contribution in [2.45, 2.75) is 96.8 Å². The Morgan fingerprint density at radius 3 is 2.15 bits per heavy atom. The summed E-state index contributed by atoms with van der Waals surface area (Å²) in [7, 11) is 0. The van der Waals surface area contributed by atoms with E-state index in [9.17, 15) is 9.59 Å². The van der Waals surface area contributed by atoms with Crippen LogP contribution >= 0.6 is 0 Å². The molecule has 1 aliphatic heterocycles. The maximum Gasteiger partial charge on any atom is 0.224 e. The standard InChI is InChI=1S/C28H45N3O2/c1-2-3-4-5-6-7-8-13-27(32)29-25-15-17-26(18-16-25)30-20-22-31(23-21-30)28(33)19-14-24-11-9-10-12-24/h15-18,24H,2-14,19-23H2,1H3,(H,29,32). The summed E-state index contributed by atoms with van der Waals surface area (Å²) in [6, 6.07) is 8.16. The lowest BCUT2D eigenvalue weighted by atomic mass is 10.0. The molecule has 2 aliphatic rings. The van der Waals surface area contributed by atoms with E-state index in [1.807, 2.05) is 17.0 Å². The average Bonchev–Trinajstić information content (AvgIpc) is 3.36. The number of piperazine rings is 1. The van der Waals surface area contributed by atoms with Gasteiger partial charge in [0, 0.05) is 50.4 Å². The zero-order valence-electron chi connectivity index (χ0n) is 20.8. The predicted octanol–water partition coefficient (Wildman–Crippen LogP) is 6.38. The van der Waals surface area contributed by atoms with Crippen LogP contribution in [0.4, 0.5) is 11.4 Å². The molecule has 2 fully saturated rings. The van der Waals surface area contributed by atoms with Crippen LogP contribution in [0.25, 0.3) is 0 Å². The number of rotatable bonds is 13. The van der Waals surface area contributed by atoms with Gasteiger partial charge in [-0.3, -0.25) is 9.59 Å². The average molecular weight is 456 g/mol. The number of carbonyl (C=O) groups excluding carboxylic acids is 2. The molecule has 33 heavy (non-hydrogen) atoms. The molecule has 1 aromatic carbocycles. The van der Waals surface area contributed by atoms with Crippen molar-refractivity contribution in [2.75, 3.05) is 36.4 Å². The summed E-state index contributed by atoms with van der Waals surface area (Å²) < 4.78 is 0. The third kappa shape index (κ3) is 9.02. The van der Waals surface area contributed by atoms with Crippen LogP contribution < -0.4 is 10.2 Å². The Bertz CT molecular complexity index is 704. The van der Waals surface area contributed by atoms with Gasteiger partial charge in [0.25, 0.3) is 0 Å². The number of amides is 2. The van der Waals surface area contributed by atoms with Gasteiger partial charge in [0.15, 0.2) is 0 Å². The number of nitrogens with one attached hydrogen (secondary N) is 1. The van der Waals surface area contributed by atoms with Gasteiger partial charge in [-0.15, -0.1) is 0 Å². The van der Waals surface area contributed by atoms with Gasteiger partial charge in [0.1, 0.15) is 0 Å². The molecule has 0 unspecified atom stereocenters. The molecule has 1 N–H and O–H groups in total. The van der Waals surface area contributed by atoms with E-state index < -0.39 is 0 Å². The van der Waals surface area contributed by atoms with E-state index in [0.29, 0.717) is 12.3 Å². The molecular weight excluding hydrogens is 410 g/mol. The first-order chi connectivity index (χ1) is 16.2. The monoisotopic (exact) mass is 455 g/mol. The lowest BCUT2D eigenvalue weighted by Crippen LogP contribution is -2.48. The van der Waals surface area contributed by atoms with Gasteiger partial charge in [-0.05, 0) is 43.0 Å². The minimum Gasteiger partial charge on any atom is -0.368 e. The van der Waals surface area contributed by atoms with E-state index in [1.165, 1.54) is 57.8 Å². The number of anilines is 2. The van der Waals surface area contributed by atoms with Crippen LogP contribution in [0.15, 0.2) is 24.3 Å². The van der Waals surface area contributed by atoms with Gasteiger partial charge < -0.3 is 15.1 Å². The number of benzene rings is 1. The minimum atomic E-state index is 0.112. The van der Waals surface area contributed by atoms with Crippen LogP contribution in [0, 0.1) is 5.92 Å². The highest BCUT2D eigenvalue weighted by Crippen LogP contribution is 2.29. The van der Waals surface area contributed by atoms with Crippen molar-refractivity contribution in [1.82, 2.24) is 4.90 Å². The molecule has 1 aromatic rings. The van der Waals surface area contributed by atoms with Crippen molar-refractivity contribution < 1.29 is 9.59 Å². The summed E-state index contributed by atoms with van der Waals surface area (Å²) in [5.41, 5.74) is 2.03. The van der Waals surface area contributed by atoms with Crippen LogP contribution in [-0.4, -0.2) is 42.9 Å². The van der Waals surface area contributed by atoms with E-state index in [2.05, 4.69) is 29.3 Å². The van der Waals surface area contributed by atoms with Crippen LogP contribution in [0.2, 0.25) is 0 Å². The topological polar surface area (TPSA) is 52.7 Å². The van der Waals surface area contributed by atoms with E-state index in [0.717, 1.165) is 69.2 Å². The number of unbranched alkanes of at least 4 members (excludes halogenated alkanes) is 6. The van der Waals surface area contributed by atoms with Crippen molar-refractivity contribution >= 4 is 23.2 Å². The maximum absolute atomic E-state index is 12.6. The molecule has 5 nitrogen and oxygen atoms in total. The number of carbonyl (C=O) groups is 2. The maximum atomic E-state index is 12.6. The lowest BCUT2D eigenvalue weighted by molar-refractivity contribution is -0.131. The molecule has 1 aliphatic carbocycles. The molecular formula is C28H45N3O2. The number of hydrogen-bond acceptors (Lipinski definition) is 3. The molecule has 3 rings (SSSR count). The summed E-state index contributed by atoms with van der Waals surface area (Å²) in [6.45, 7) is 5.59. The Balaban J connectivity index is 1.31. The summed E-state index contributed by atoms with van der Waals surface area (Å²) in [6.07, 6.45) is 16.3. The fourth-order valence-electron chi connectivity index (χ4n) is 5.22. The van der Waals surface area contributed by atoms with Crippen molar-refractivity contribution in [3.8, 4) is 0 Å². The lowest BCUT2D eigenvalue weighted by Gasteiger charge is -2.36. The zero-order valence-corrected chi connectivity index (χ0v) is 20.8. The summed E-state index contributed by atoms with van der Waals surface area (Å²) in [5.74, 6) is 1.23. The van der Waals surface area contributed by atoms with E-state index in [-0.39, 0.29) is 5.91 Å².